The van der Waals surface area contributed by atoms with Gasteiger partial charge in [-0.25, -0.2) is 13.4 Å². The van der Waals surface area contributed by atoms with Crippen LogP contribution in [0.25, 0.3) is 0 Å². The molecule has 0 spiro atoms. The van der Waals surface area contributed by atoms with Crippen molar-refractivity contribution in [2.75, 3.05) is 31.6 Å². The lowest BCUT2D eigenvalue weighted by atomic mass is 10.2. The second-order valence-electron chi connectivity index (χ2n) is 5.51. The molecule has 1 aliphatic rings. The Labute approximate surface area is 164 Å². The number of amides is 1. The number of sulfonamides is 1. The SMILES string of the molecule is Cc1cnc(NC(=O)c2cc(S(=O)(=O)N3CCOCC3)c(Cl)cc2Cl)s1. The predicted octanol–water partition coefficient (Wildman–Crippen LogP) is 3.03. The number of carbonyl (C=O) groups excluding carboxylic acids is 1. The summed E-state index contributed by atoms with van der Waals surface area (Å²) in [6, 6.07) is 2.46. The number of benzene rings is 1. The van der Waals surface area contributed by atoms with Crippen LogP contribution >= 0.6 is 34.5 Å². The van der Waals surface area contributed by atoms with E-state index < -0.39 is 15.9 Å². The third-order valence-electron chi connectivity index (χ3n) is 3.70. The van der Waals surface area contributed by atoms with Crippen LogP contribution in [0.5, 0.6) is 0 Å². The summed E-state index contributed by atoms with van der Waals surface area (Å²) < 4.78 is 32.2. The second kappa shape index (κ2) is 7.79. The molecule has 140 valence electrons. The van der Waals surface area contributed by atoms with E-state index in [-0.39, 0.29) is 33.6 Å². The molecule has 1 aliphatic heterocycles. The van der Waals surface area contributed by atoms with Crippen molar-refractivity contribution in [1.82, 2.24) is 9.29 Å². The van der Waals surface area contributed by atoms with Crippen LogP contribution in [-0.4, -0.2) is 49.9 Å². The molecule has 26 heavy (non-hydrogen) atoms. The van der Waals surface area contributed by atoms with Gasteiger partial charge in [-0.1, -0.05) is 23.2 Å². The molecule has 2 aromatic rings. The number of hydrogen-bond acceptors (Lipinski definition) is 6. The van der Waals surface area contributed by atoms with Gasteiger partial charge >= 0.3 is 0 Å². The monoisotopic (exact) mass is 435 g/mol. The van der Waals surface area contributed by atoms with Gasteiger partial charge < -0.3 is 4.74 Å². The number of carbonyl (C=O) groups is 1. The van der Waals surface area contributed by atoms with Crippen LogP contribution < -0.4 is 5.32 Å². The first kappa shape index (κ1) is 19.5. The van der Waals surface area contributed by atoms with Gasteiger partial charge in [0.2, 0.25) is 10.0 Å². The maximum atomic E-state index is 12.9. The van der Waals surface area contributed by atoms with Crippen LogP contribution in [0.4, 0.5) is 5.13 Å². The van der Waals surface area contributed by atoms with Gasteiger partial charge in [0, 0.05) is 24.2 Å². The molecule has 1 aromatic carbocycles. The second-order valence-corrected chi connectivity index (χ2v) is 9.46. The first-order chi connectivity index (χ1) is 12.3. The number of ether oxygens (including phenoxy) is 1. The summed E-state index contributed by atoms with van der Waals surface area (Å²) >= 11 is 13.5. The zero-order valence-electron chi connectivity index (χ0n) is 13.7. The number of rotatable bonds is 4. The summed E-state index contributed by atoms with van der Waals surface area (Å²) in [6.45, 7) is 2.92. The Morgan fingerprint density at radius 3 is 2.58 bits per heavy atom. The van der Waals surface area contributed by atoms with Gasteiger partial charge in [-0.3, -0.25) is 10.1 Å². The van der Waals surface area contributed by atoms with E-state index in [9.17, 15) is 13.2 Å². The predicted molar refractivity (Wildman–Crippen MR) is 101 cm³/mol. The lowest BCUT2D eigenvalue weighted by Crippen LogP contribution is -2.40. The maximum Gasteiger partial charge on any atom is 0.259 e. The minimum atomic E-state index is -3.86. The number of morpholine rings is 1. The van der Waals surface area contributed by atoms with E-state index in [1.807, 2.05) is 6.92 Å². The summed E-state index contributed by atoms with van der Waals surface area (Å²) in [5, 5.41) is 3.03. The van der Waals surface area contributed by atoms with E-state index in [2.05, 4.69) is 10.3 Å². The molecule has 1 saturated heterocycles. The van der Waals surface area contributed by atoms with Crippen LogP contribution in [-0.2, 0) is 14.8 Å². The Hall–Kier alpha value is -1.23. The molecule has 1 N–H and O–H groups in total. The van der Waals surface area contributed by atoms with E-state index in [1.165, 1.54) is 27.8 Å². The number of aryl methyl sites for hydroxylation is 1. The van der Waals surface area contributed by atoms with Gasteiger partial charge in [0.1, 0.15) is 4.90 Å². The molecule has 0 radical (unpaired) electrons. The van der Waals surface area contributed by atoms with E-state index in [1.54, 1.807) is 6.20 Å². The molecule has 3 rings (SSSR count). The van der Waals surface area contributed by atoms with Crippen molar-refractivity contribution < 1.29 is 17.9 Å². The van der Waals surface area contributed by atoms with Crippen molar-refractivity contribution in [2.24, 2.45) is 0 Å². The summed E-state index contributed by atoms with van der Waals surface area (Å²) in [4.78, 5) is 17.3. The van der Waals surface area contributed by atoms with Crippen LogP contribution in [0, 0.1) is 6.92 Å². The van der Waals surface area contributed by atoms with Crippen molar-refractivity contribution in [3.05, 3.63) is 38.8 Å². The van der Waals surface area contributed by atoms with Gasteiger partial charge in [-0.05, 0) is 19.1 Å². The normalized spacial score (nSPS) is 15.8. The Morgan fingerprint density at radius 1 is 1.27 bits per heavy atom. The molecular formula is C15H15Cl2N3O4S2. The number of hydrogen-bond donors (Lipinski definition) is 1. The summed E-state index contributed by atoms with van der Waals surface area (Å²) in [5.74, 6) is -0.556. The average Bonchev–Trinajstić information content (AvgIpc) is 3.00. The Kier molecular flexibility index (Phi) is 5.85. The topological polar surface area (TPSA) is 88.6 Å². The largest absolute Gasteiger partial charge is 0.379 e. The number of thiazole rings is 1. The molecule has 1 fully saturated rings. The number of nitrogens with zero attached hydrogens (tertiary/aromatic N) is 2. The van der Waals surface area contributed by atoms with Crippen LogP contribution in [0.1, 0.15) is 15.2 Å². The fourth-order valence-corrected chi connectivity index (χ4v) is 5.30. The molecule has 0 atom stereocenters. The Bertz CT molecular complexity index is 940. The quantitative estimate of drug-likeness (QED) is 0.796. The molecule has 0 aliphatic carbocycles. The van der Waals surface area contributed by atoms with Gasteiger partial charge in [0.15, 0.2) is 5.13 Å². The van der Waals surface area contributed by atoms with Crippen LogP contribution in [0.3, 0.4) is 0 Å². The molecular weight excluding hydrogens is 421 g/mol. The molecule has 0 bridgehead atoms. The van der Waals surface area contributed by atoms with Gasteiger partial charge in [0.25, 0.3) is 5.91 Å². The zero-order valence-corrected chi connectivity index (χ0v) is 16.8. The lowest BCUT2D eigenvalue weighted by molar-refractivity contribution is 0.0730. The fraction of sp³-hybridized carbons (Fsp3) is 0.333. The molecule has 2 heterocycles. The average molecular weight is 436 g/mol. The number of halogens is 2. The van der Waals surface area contributed by atoms with Crippen molar-refractivity contribution in [1.29, 1.82) is 0 Å². The molecule has 1 aromatic heterocycles. The minimum Gasteiger partial charge on any atom is -0.379 e. The highest BCUT2D eigenvalue weighted by Gasteiger charge is 2.30. The van der Waals surface area contributed by atoms with Crippen molar-refractivity contribution in [3.8, 4) is 0 Å². The van der Waals surface area contributed by atoms with Crippen molar-refractivity contribution in [2.45, 2.75) is 11.8 Å². The van der Waals surface area contributed by atoms with E-state index >= 15 is 0 Å². The smallest absolute Gasteiger partial charge is 0.259 e. The number of anilines is 1. The van der Waals surface area contributed by atoms with E-state index in [0.717, 1.165) is 4.88 Å². The molecule has 11 heteroatoms. The Balaban J connectivity index is 1.95. The molecule has 0 saturated carbocycles. The standard InChI is InChI=1S/C15H15Cl2N3O4S2/c1-9-8-18-15(25-9)19-14(21)10-6-13(12(17)7-11(10)16)26(22,23)20-2-4-24-5-3-20/h6-8H,2-5H2,1H3,(H,18,19,21). The summed E-state index contributed by atoms with van der Waals surface area (Å²) in [7, 11) is -3.86. The number of nitrogens with one attached hydrogen (secondary N) is 1. The molecule has 0 unspecified atom stereocenters. The van der Waals surface area contributed by atoms with Gasteiger partial charge in [-0.2, -0.15) is 4.31 Å². The van der Waals surface area contributed by atoms with Gasteiger partial charge in [0.05, 0.1) is 28.8 Å². The molecule has 1 amide bonds. The number of aromatic nitrogens is 1. The van der Waals surface area contributed by atoms with Crippen LogP contribution in [0.15, 0.2) is 23.2 Å². The fourth-order valence-electron chi connectivity index (χ4n) is 2.40. The van der Waals surface area contributed by atoms with Crippen molar-refractivity contribution >= 4 is 55.6 Å². The summed E-state index contributed by atoms with van der Waals surface area (Å²) in [6.07, 6.45) is 1.62. The van der Waals surface area contributed by atoms with Crippen molar-refractivity contribution in [3.63, 3.8) is 0 Å². The van der Waals surface area contributed by atoms with Gasteiger partial charge in [-0.15, -0.1) is 11.3 Å². The van der Waals surface area contributed by atoms with Crippen LogP contribution in [0.2, 0.25) is 10.0 Å². The summed E-state index contributed by atoms with van der Waals surface area (Å²) in [5.41, 5.74) is 0.00996. The zero-order chi connectivity index (χ0) is 18.9. The maximum absolute atomic E-state index is 12.9. The highest BCUT2D eigenvalue weighted by atomic mass is 35.5. The highest BCUT2D eigenvalue weighted by molar-refractivity contribution is 7.89. The third kappa shape index (κ3) is 4.03. The third-order valence-corrected chi connectivity index (χ3v) is 7.20. The van der Waals surface area contributed by atoms with E-state index in [4.69, 9.17) is 27.9 Å². The minimum absolute atomic E-state index is 0.00996. The lowest BCUT2D eigenvalue weighted by Gasteiger charge is -2.26. The first-order valence-corrected chi connectivity index (χ1v) is 10.6. The first-order valence-electron chi connectivity index (χ1n) is 7.60. The highest BCUT2D eigenvalue weighted by Crippen LogP contribution is 2.31. The Morgan fingerprint density at radius 2 is 1.96 bits per heavy atom. The molecule has 7 nitrogen and oxygen atoms in total. The van der Waals surface area contributed by atoms with E-state index in [0.29, 0.717) is 18.3 Å².